The first-order valence-corrected chi connectivity index (χ1v) is 8.30. The quantitative estimate of drug-likeness (QED) is 0.901. The molecular weight excluding hydrogens is 260 g/mol. The number of methoxy groups -OCH3 is 1. The van der Waals surface area contributed by atoms with Crippen LogP contribution in [0.1, 0.15) is 37.2 Å². The molecule has 0 unspecified atom stereocenters. The number of ether oxygens (including phenoxy) is 1. The summed E-state index contributed by atoms with van der Waals surface area (Å²) in [5.41, 5.74) is 1.44. The van der Waals surface area contributed by atoms with E-state index in [1.165, 1.54) is 50.9 Å². The maximum Gasteiger partial charge on any atom is 0.119 e. The fourth-order valence-electron chi connectivity index (χ4n) is 3.55. The third kappa shape index (κ3) is 3.78. The van der Waals surface area contributed by atoms with Crippen molar-refractivity contribution in [1.29, 1.82) is 0 Å². The van der Waals surface area contributed by atoms with Gasteiger partial charge in [-0.1, -0.05) is 12.1 Å². The maximum atomic E-state index is 5.32. The third-order valence-electron chi connectivity index (χ3n) is 5.24. The average Bonchev–Trinajstić information content (AvgIpc) is 2.48. The summed E-state index contributed by atoms with van der Waals surface area (Å²) < 4.78 is 5.32. The lowest BCUT2D eigenvalue weighted by atomic mass is 9.75. The molecule has 1 aromatic carbocycles. The van der Waals surface area contributed by atoms with Gasteiger partial charge in [0.2, 0.25) is 0 Å². The van der Waals surface area contributed by atoms with Crippen LogP contribution in [0.4, 0.5) is 0 Å². The highest BCUT2D eigenvalue weighted by molar-refractivity contribution is 5.32. The molecule has 0 radical (unpaired) electrons. The first-order chi connectivity index (χ1) is 10.2. The zero-order chi connectivity index (χ0) is 14.7. The van der Waals surface area contributed by atoms with Gasteiger partial charge in [-0.2, -0.15) is 0 Å². The molecule has 1 aliphatic heterocycles. The van der Waals surface area contributed by atoms with Crippen molar-refractivity contribution in [1.82, 2.24) is 10.2 Å². The normalized spacial score (nSPS) is 27.3. The number of benzene rings is 1. The van der Waals surface area contributed by atoms with Gasteiger partial charge in [-0.15, -0.1) is 0 Å². The van der Waals surface area contributed by atoms with E-state index in [0.29, 0.717) is 0 Å². The molecule has 1 aromatic rings. The van der Waals surface area contributed by atoms with Crippen molar-refractivity contribution in [3.8, 4) is 5.75 Å². The lowest BCUT2D eigenvalue weighted by molar-refractivity contribution is 0.199. The Bertz CT molecular complexity index is 448. The summed E-state index contributed by atoms with van der Waals surface area (Å²) >= 11 is 0. The summed E-state index contributed by atoms with van der Waals surface area (Å²) in [6.07, 6.45) is 5.27. The Morgan fingerprint density at radius 3 is 2.71 bits per heavy atom. The molecule has 1 heterocycles. The van der Waals surface area contributed by atoms with Gasteiger partial charge in [-0.25, -0.2) is 0 Å². The lowest BCUT2D eigenvalue weighted by Gasteiger charge is -2.38. The molecule has 116 valence electrons. The van der Waals surface area contributed by atoms with Gasteiger partial charge < -0.3 is 15.0 Å². The smallest absolute Gasteiger partial charge is 0.119 e. The van der Waals surface area contributed by atoms with Crippen molar-refractivity contribution in [3.05, 3.63) is 29.8 Å². The molecule has 0 spiro atoms. The van der Waals surface area contributed by atoms with Gasteiger partial charge in [-0.3, -0.25) is 0 Å². The monoisotopic (exact) mass is 288 g/mol. The van der Waals surface area contributed by atoms with Gasteiger partial charge in [0.15, 0.2) is 0 Å². The second kappa shape index (κ2) is 6.80. The van der Waals surface area contributed by atoms with Crippen LogP contribution < -0.4 is 10.1 Å². The fourth-order valence-corrected chi connectivity index (χ4v) is 3.55. The van der Waals surface area contributed by atoms with E-state index in [0.717, 1.165) is 23.6 Å². The Hall–Kier alpha value is -1.06. The van der Waals surface area contributed by atoms with Gasteiger partial charge in [0.05, 0.1) is 7.11 Å². The lowest BCUT2D eigenvalue weighted by Crippen LogP contribution is -2.44. The van der Waals surface area contributed by atoms with E-state index < -0.39 is 0 Å². The van der Waals surface area contributed by atoms with E-state index in [1.54, 1.807) is 7.11 Å². The Morgan fingerprint density at radius 2 is 2.00 bits per heavy atom. The fraction of sp³-hybridized carbons (Fsp3) is 0.667. The molecule has 1 saturated heterocycles. The van der Waals surface area contributed by atoms with Crippen LogP contribution in [0, 0.1) is 5.92 Å². The number of hydrogen-bond acceptors (Lipinski definition) is 3. The first-order valence-electron chi connectivity index (χ1n) is 8.30. The van der Waals surface area contributed by atoms with Crippen molar-refractivity contribution in [2.45, 2.75) is 37.6 Å². The van der Waals surface area contributed by atoms with Gasteiger partial charge in [0.1, 0.15) is 5.75 Å². The summed E-state index contributed by atoms with van der Waals surface area (Å²) in [7, 11) is 3.97. The molecule has 0 atom stereocenters. The van der Waals surface area contributed by atoms with Crippen LogP contribution in [0.15, 0.2) is 24.3 Å². The number of nitrogens with one attached hydrogen (secondary N) is 1. The van der Waals surface area contributed by atoms with Crippen molar-refractivity contribution in [3.63, 3.8) is 0 Å². The Balaban J connectivity index is 1.39. The molecule has 3 rings (SSSR count). The number of piperidine rings is 1. The second-order valence-electron chi connectivity index (χ2n) is 6.80. The van der Waals surface area contributed by atoms with Crippen molar-refractivity contribution < 1.29 is 4.74 Å². The molecule has 1 aliphatic carbocycles. The predicted octanol–water partition coefficient (Wildman–Crippen LogP) is 2.87. The second-order valence-corrected chi connectivity index (χ2v) is 6.80. The van der Waals surface area contributed by atoms with Crippen LogP contribution in [-0.4, -0.2) is 44.7 Å². The van der Waals surface area contributed by atoms with Gasteiger partial charge in [-0.05, 0) is 81.9 Å². The van der Waals surface area contributed by atoms with Crippen LogP contribution in [-0.2, 0) is 0 Å². The summed E-state index contributed by atoms with van der Waals surface area (Å²) in [4.78, 5) is 2.44. The maximum absolute atomic E-state index is 5.32. The third-order valence-corrected chi connectivity index (χ3v) is 5.24. The molecule has 0 amide bonds. The molecule has 1 saturated carbocycles. The summed E-state index contributed by atoms with van der Waals surface area (Å²) in [6, 6.07) is 9.28. The van der Waals surface area contributed by atoms with Gasteiger partial charge in [0.25, 0.3) is 0 Å². The van der Waals surface area contributed by atoms with Crippen molar-refractivity contribution in [2.75, 3.05) is 33.8 Å². The Labute approximate surface area is 128 Å². The Kier molecular flexibility index (Phi) is 4.81. The van der Waals surface area contributed by atoms with Crippen molar-refractivity contribution >= 4 is 0 Å². The summed E-state index contributed by atoms with van der Waals surface area (Å²) in [5, 5.41) is 3.78. The highest BCUT2D eigenvalue weighted by Crippen LogP contribution is 2.38. The van der Waals surface area contributed by atoms with Crippen LogP contribution in [0.5, 0.6) is 5.75 Å². The Morgan fingerprint density at radius 1 is 1.24 bits per heavy atom. The molecule has 0 aromatic heterocycles. The zero-order valence-corrected chi connectivity index (χ0v) is 13.3. The highest BCUT2D eigenvalue weighted by atomic mass is 16.5. The molecule has 2 aliphatic rings. The van der Waals surface area contributed by atoms with Crippen molar-refractivity contribution in [2.24, 2.45) is 5.92 Å². The first kappa shape index (κ1) is 14.9. The minimum absolute atomic E-state index is 0.718. The van der Waals surface area contributed by atoms with E-state index in [-0.39, 0.29) is 0 Å². The molecule has 3 nitrogen and oxygen atoms in total. The molecule has 0 bridgehead atoms. The molecular formula is C18H28N2O. The van der Waals surface area contributed by atoms with Gasteiger partial charge >= 0.3 is 0 Å². The highest BCUT2D eigenvalue weighted by Gasteiger charge is 2.30. The topological polar surface area (TPSA) is 24.5 Å². The largest absolute Gasteiger partial charge is 0.497 e. The van der Waals surface area contributed by atoms with E-state index in [9.17, 15) is 0 Å². The minimum atomic E-state index is 0.718. The molecule has 3 heteroatoms. The van der Waals surface area contributed by atoms with Crippen LogP contribution in [0.2, 0.25) is 0 Å². The minimum Gasteiger partial charge on any atom is -0.497 e. The standard InChI is InChI=1S/C18H28N2O/c1-20-8-6-14(7-9-20)13-19-17-10-16(11-17)15-4-3-5-18(12-15)21-2/h3-5,12,14,16-17,19H,6-11,13H2,1-2H3. The summed E-state index contributed by atoms with van der Waals surface area (Å²) in [6.45, 7) is 3.75. The molecule has 1 N–H and O–H groups in total. The molecule has 21 heavy (non-hydrogen) atoms. The van der Waals surface area contributed by atoms with Crippen LogP contribution in [0.25, 0.3) is 0 Å². The number of hydrogen-bond donors (Lipinski definition) is 1. The SMILES string of the molecule is COc1cccc(C2CC(NCC3CCN(C)CC3)C2)c1. The number of rotatable bonds is 5. The zero-order valence-electron chi connectivity index (χ0n) is 13.3. The number of likely N-dealkylation sites (tertiary alicyclic amines) is 1. The van der Waals surface area contributed by atoms with Crippen LogP contribution >= 0.6 is 0 Å². The van der Waals surface area contributed by atoms with Crippen LogP contribution in [0.3, 0.4) is 0 Å². The average molecular weight is 288 g/mol. The van der Waals surface area contributed by atoms with E-state index in [4.69, 9.17) is 4.74 Å². The predicted molar refractivity (Wildman–Crippen MR) is 87.0 cm³/mol. The summed E-state index contributed by atoms with van der Waals surface area (Å²) in [5.74, 6) is 2.59. The van der Waals surface area contributed by atoms with E-state index in [1.807, 2.05) is 6.07 Å². The molecule has 2 fully saturated rings. The van der Waals surface area contributed by atoms with E-state index in [2.05, 4.69) is 35.5 Å². The van der Waals surface area contributed by atoms with Gasteiger partial charge in [0, 0.05) is 6.04 Å². The van der Waals surface area contributed by atoms with E-state index >= 15 is 0 Å². The number of nitrogens with zero attached hydrogens (tertiary/aromatic N) is 1.